The van der Waals surface area contributed by atoms with Gasteiger partial charge < -0.3 is 9.88 Å². The summed E-state index contributed by atoms with van der Waals surface area (Å²) in [7, 11) is 2.77. The second-order valence-corrected chi connectivity index (χ2v) is 6.23. The minimum absolute atomic E-state index is 0.0822. The van der Waals surface area contributed by atoms with Gasteiger partial charge in [0.25, 0.3) is 5.56 Å². The number of nitrogens with zero attached hydrogens (tertiary/aromatic N) is 4. The Hall–Kier alpha value is -3.37. The second-order valence-electron chi connectivity index (χ2n) is 6.23. The highest BCUT2D eigenvalue weighted by atomic mass is 19.4. The molecule has 1 amide bonds. The van der Waals surface area contributed by atoms with Crippen LogP contribution in [0.3, 0.4) is 0 Å². The maximum absolute atomic E-state index is 12.7. The Morgan fingerprint density at radius 3 is 2.57 bits per heavy atom. The van der Waals surface area contributed by atoms with Gasteiger partial charge in [0.05, 0.1) is 11.9 Å². The summed E-state index contributed by atoms with van der Waals surface area (Å²) in [5.41, 5.74) is -1.43. The average molecular weight is 395 g/mol. The molecule has 0 radical (unpaired) electrons. The molecule has 0 atom stereocenters. The van der Waals surface area contributed by atoms with E-state index in [-0.39, 0.29) is 29.8 Å². The zero-order chi connectivity index (χ0) is 20.6. The normalized spacial score (nSPS) is 11.8. The molecule has 2 heterocycles. The first-order valence-corrected chi connectivity index (χ1v) is 8.13. The van der Waals surface area contributed by atoms with Gasteiger partial charge in [-0.2, -0.15) is 13.2 Å². The quantitative estimate of drug-likeness (QED) is 0.707. The van der Waals surface area contributed by atoms with E-state index in [4.69, 9.17) is 0 Å². The molecule has 0 unspecified atom stereocenters. The van der Waals surface area contributed by atoms with Crippen molar-refractivity contribution < 1.29 is 18.0 Å². The summed E-state index contributed by atoms with van der Waals surface area (Å²) in [6, 6.07) is 4.63. The van der Waals surface area contributed by atoms with Crippen LogP contribution in [0, 0.1) is 0 Å². The number of rotatable bonds is 4. The molecule has 3 rings (SSSR count). The van der Waals surface area contributed by atoms with Crippen molar-refractivity contribution in [2.75, 3.05) is 0 Å². The number of aryl methyl sites for hydroxylation is 1. The number of amides is 1. The van der Waals surface area contributed by atoms with Crippen LogP contribution in [0.4, 0.5) is 13.2 Å². The molecule has 28 heavy (non-hydrogen) atoms. The summed E-state index contributed by atoms with van der Waals surface area (Å²) in [6.07, 6.45) is -3.21. The van der Waals surface area contributed by atoms with Gasteiger partial charge in [-0.1, -0.05) is 12.1 Å². The third-order valence-electron chi connectivity index (χ3n) is 4.28. The van der Waals surface area contributed by atoms with Gasteiger partial charge in [0.2, 0.25) is 5.91 Å². The van der Waals surface area contributed by atoms with E-state index in [0.29, 0.717) is 0 Å². The van der Waals surface area contributed by atoms with Crippen LogP contribution < -0.4 is 16.6 Å². The summed E-state index contributed by atoms with van der Waals surface area (Å²) >= 11 is 0. The summed E-state index contributed by atoms with van der Waals surface area (Å²) in [5.74, 6) is -0.521. The zero-order valence-electron chi connectivity index (χ0n) is 14.9. The van der Waals surface area contributed by atoms with Crippen molar-refractivity contribution in [1.82, 2.24) is 24.0 Å². The van der Waals surface area contributed by atoms with Crippen LogP contribution in [-0.4, -0.2) is 24.6 Å². The van der Waals surface area contributed by atoms with Gasteiger partial charge in [0.15, 0.2) is 11.2 Å². The SMILES string of the molecule is Cn1c(=O)c2c(ncn2CC(=O)NCc2cccc(C(F)(F)F)c2)n(C)c1=O. The number of benzene rings is 1. The Bertz CT molecular complexity index is 1170. The van der Waals surface area contributed by atoms with Crippen molar-refractivity contribution in [1.29, 1.82) is 0 Å². The van der Waals surface area contributed by atoms with Gasteiger partial charge in [-0.15, -0.1) is 0 Å². The number of hydrogen-bond acceptors (Lipinski definition) is 4. The lowest BCUT2D eigenvalue weighted by Crippen LogP contribution is -2.38. The smallest absolute Gasteiger partial charge is 0.350 e. The molecule has 0 aliphatic heterocycles. The first-order chi connectivity index (χ1) is 13.1. The Kier molecular flexibility index (Phi) is 4.84. The van der Waals surface area contributed by atoms with Gasteiger partial charge in [-0.25, -0.2) is 9.78 Å². The van der Waals surface area contributed by atoms with E-state index in [9.17, 15) is 27.6 Å². The van der Waals surface area contributed by atoms with E-state index < -0.39 is 28.9 Å². The van der Waals surface area contributed by atoms with Crippen molar-refractivity contribution in [3.8, 4) is 0 Å². The molecule has 0 saturated heterocycles. The second kappa shape index (κ2) is 6.98. The Balaban J connectivity index is 1.78. The maximum atomic E-state index is 12.7. The van der Waals surface area contributed by atoms with Gasteiger partial charge in [-0.3, -0.25) is 18.7 Å². The molecule has 1 N–H and O–H groups in total. The predicted octanol–water partition coefficient (Wildman–Crippen LogP) is 0.769. The molecule has 0 aliphatic rings. The third kappa shape index (κ3) is 3.55. The van der Waals surface area contributed by atoms with E-state index in [2.05, 4.69) is 10.3 Å². The minimum Gasteiger partial charge on any atom is -0.350 e. The molecule has 11 heteroatoms. The molecule has 148 valence electrons. The van der Waals surface area contributed by atoms with Crippen LogP contribution in [0.5, 0.6) is 0 Å². The summed E-state index contributed by atoms with van der Waals surface area (Å²) in [4.78, 5) is 40.4. The van der Waals surface area contributed by atoms with Crippen molar-refractivity contribution >= 4 is 17.1 Å². The number of fused-ring (bicyclic) bond motifs is 1. The molecule has 2 aromatic heterocycles. The number of halogens is 3. The molecule has 8 nitrogen and oxygen atoms in total. The lowest BCUT2D eigenvalue weighted by Gasteiger charge is -2.10. The summed E-state index contributed by atoms with van der Waals surface area (Å²) in [6.45, 7) is -0.380. The summed E-state index contributed by atoms with van der Waals surface area (Å²) in [5, 5.41) is 2.51. The predicted molar refractivity (Wildman–Crippen MR) is 93.5 cm³/mol. The monoisotopic (exact) mass is 395 g/mol. The van der Waals surface area contributed by atoms with Gasteiger partial charge >= 0.3 is 11.9 Å². The Morgan fingerprint density at radius 1 is 1.18 bits per heavy atom. The highest BCUT2D eigenvalue weighted by molar-refractivity contribution is 5.78. The number of carbonyl (C=O) groups is 1. The van der Waals surface area contributed by atoms with E-state index in [1.165, 1.54) is 41.7 Å². The molecule has 0 spiro atoms. The van der Waals surface area contributed by atoms with Gasteiger partial charge in [0.1, 0.15) is 6.54 Å². The van der Waals surface area contributed by atoms with Gasteiger partial charge in [0, 0.05) is 20.6 Å². The summed E-state index contributed by atoms with van der Waals surface area (Å²) < 4.78 is 41.6. The largest absolute Gasteiger partial charge is 0.416 e. The molecule has 1 aromatic carbocycles. The number of nitrogens with one attached hydrogen (secondary N) is 1. The molecule has 0 bridgehead atoms. The van der Waals surface area contributed by atoms with Gasteiger partial charge in [-0.05, 0) is 17.7 Å². The van der Waals surface area contributed by atoms with Crippen molar-refractivity contribution in [3.63, 3.8) is 0 Å². The number of aromatic nitrogens is 4. The number of imidazole rings is 1. The lowest BCUT2D eigenvalue weighted by atomic mass is 10.1. The highest BCUT2D eigenvalue weighted by Crippen LogP contribution is 2.29. The van der Waals surface area contributed by atoms with Crippen LogP contribution in [0.1, 0.15) is 11.1 Å². The Morgan fingerprint density at radius 2 is 1.89 bits per heavy atom. The number of carbonyl (C=O) groups excluding carboxylic acids is 1. The fourth-order valence-electron chi connectivity index (χ4n) is 2.79. The van der Waals surface area contributed by atoms with Crippen LogP contribution in [0.15, 0.2) is 40.2 Å². The van der Waals surface area contributed by atoms with E-state index in [1.807, 2.05) is 0 Å². The standard InChI is InChI=1S/C17H16F3N5O3/c1-23-14-13(15(27)24(2)16(23)28)25(9-22-14)8-12(26)21-7-10-4-3-5-11(6-10)17(18,19)20/h3-6,9H,7-8H2,1-2H3,(H,21,26). The fourth-order valence-corrected chi connectivity index (χ4v) is 2.79. The lowest BCUT2D eigenvalue weighted by molar-refractivity contribution is -0.137. The van der Waals surface area contributed by atoms with E-state index in [0.717, 1.165) is 16.7 Å². The molecule has 0 fully saturated rings. The van der Waals surface area contributed by atoms with Crippen LogP contribution >= 0.6 is 0 Å². The molecule has 3 aromatic rings. The molecular formula is C17H16F3N5O3. The number of hydrogen-bond donors (Lipinski definition) is 1. The van der Waals surface area contributed by atoms with Crippen molar-refractivity contribution in [2.45, 2.75) is 19.3 Å². The minimum atomic E-state index is -4.47. The molecule has 0 aliphatic carbocycles. The third-order valence-corrected chi connectivity index (χ3v) is 4.28. The van der Waals surface area contributed by atoms with Crippen molar-refractivity contribution in [2.24, 2.45) is 14.1 Å². The maximum Gasteiger partial charge on any atom is 0.416 e. The van der Waals surface area contributed by atoms with Crippen LogP contribution in [-0.2, 0) is 38.2 Å². The Labute approximate surface area is 155 Å². The van der Waals surface area contributed by atoms with Crippen molar-refractivity contribution in [3.05, 3.63) is 62.6 Å². The molecule has 0 saturated carbocycles. The van der Waals surface area contributed by atoms with Crippen LogP contribution in [0.2, 0.25) is 0 Å². The first kappa shape index (κ1) is 19.4. The highest BCUT2D eigenvalue weighted by Gasteiger charge is 2.30. The topological polar surface area (TPSA) is 90.9 Å². The van der Waals surface area contributed by atoms with E-state index in [1.54, 1.807) is 0 Å². The fraction of sp³-hybridized carbons (Fsp3) is 0.294. The van der Waals surface area contributed by atoms with Crippen LogP contribution in [0.25, 0.3) is 11.2 Å². The first-order valence-electron chi connectivity index (χ1n) is 8.13. The van der Waals surface area contributed by atoms with E-state index >= 15 is 0 Å². The number of alkyl halides is 3. The molecular weight excluding hydrogens is 379 g/mol. The zero-order valence-corrected chi connectivity index (χ0v) is 14.9. The average Bonchev–Trinajstić information content (AvgIpc) is 3.06.